The van der Waals surface area contributed by atoms with Crippen LogP contribution in [0.15, 0.2) is 42.7 Å². The summed E-state index contributed by atoms with van der Waals surface area (Å²) in [5, 5.41) is 17.5. The summed E-state index contributed by atoms with van der Waals surface area (Å²) >= 11 is 0. The fraction of sp³-hybridized carbons (Fsp3) is 0.548. The van der Waals surface area contributed by atoms with E-state index in [1.165, 1.54) is 5.56 Å². The van der Waals surface area contributed by atoms with E-state index in [0.717, 1.165) is 48.4 Å². The maximum atomic E-state index is 12.6. The van der Waals surface area contributed by atoms with E-state index in [1.807, 2.05) is 10.7 Å². The van der Waals surface area contributed by atoms with Crippen molar-refractivity contribution in [1.82, 2.24) is 24.6 Å². The molecule has 1 aromatic carbocycles. The highest BCUT2D eigenvalue weighted by Gasteiger charge is 2.55. The van der Waals surface area contributed by atoms with Gasteiger partial charge in [-0.05, 0) is 49.4 Å². The van der Waals surface area contributed by atoms with Crippen molar-refractivity contribution in [3.05, 3.63) is 65.2 Å². The Balaban J connectivity index is 1.54. The molecule has 9 nitrogen and oxygen atoms in total. The van der Waals surface area contributed by atoms with Gasteiger partial charge in [0.25, 0.3) is 0 Å². The number of nitrogens with two attached hydrogens (primary N) is 1. The molecule has 1 atom stereocenters. The predicted octanol–water partition coefficient (Wildman–Crippen LogP) is 3.81. The van der Waals surface area contributed by atoms with E-state index in [0.29, 0.717) is 44.3 Å². The van der Waals surface area contributed by atoms with Crippen LogP contribution in [0.2, 0.25) is 0 Å². The number of aliphatic hydroxyl groups is 1. The lowest BCUT2D eigenvalue weighted by atomic mass is 9.62. The number of hydrogen-bond acceptors (Lipinski definition) is 7. The topological polar surface area (TPSA) is 119 Å². The maximum Gasteiger partial charge on any atom is 0.217 e. The number of ether oxygens (including phenoxy) is 1. The summed E-state index contributed by atoms with van der Waals surface area (Å²) < 4.78 is 7.49. The summed E-state index contributed by atoms with van der Waals surface area (Å²) in [5.41, 5.74) is 7.34. The van der Waals surface area contributed by atoms with Crippen molar-refractivity contribution in [2.75, 3.05) is 33.4 Å². The summed E-state index contributed by atoms with van der Waals surface area (Å²) in [6.07, 6.45) is 6.19. The first-order valence-corrected chi connectivity index (χ1v) is 14.4. The second-order valence-corrected chi connectivity index (χ2v) is 12.2. The number of nitrogens with zero attached hydrogens (tertiary/aromatic N) is 5. The molecule has 2 fully saturated rings. The molecular formula is C31H42N6O3. The van der Waals surface area contributed by atoms with Gasteiger partial charge in [0.15, 0.2) is 5.82 Å². The molecule has 2 aliphatic heterocycles. The monoisotopic (exact) mass is 546 g/mol. The van der Waals surface area contributed by atoms with Gasteiger partial charge in [-0.25, -0.2) is 9.67 Å². The molecule has 3 aromatic rings. The quantitative estimate of drug-likeness (QED) is 0.397. The average molecular weight is 547 g/mol. The van der Waals surface area contributed by atoms with Crippen LogP contribution in [0.25, 0.3) is 11.4 Å². The van der Waals surface area contributed by atoms with Crippen LogP contribution in [-0.2, 0) is 21.7 Å². The lowest BCUT2D eigenvalue weighted by Crippen LogP contribution is -2.63. The minimum absolute atomic E-state index is 0.237. The van der Waals surface area contributed by atoms with E-state index in [1.54, 1.807) is 12.4 Å². The third-order valence-corrected chi connectivity index (χ3v) is 8.60. The normalized spacial score (nSPS) is 19.4. The molecule has 0 saturated carbocycles. The molecule has 3 N–H and O–H groups in total. The number of benzene rings is 1. The third kappa shape index (κ3) is 5.42. The van der Waals surface area contributed by atoms with Crippen molar-refractivity contribution in [1.29, 1.82) is 0 Å². The number of hydrogen-bond donors (Lipinski definition) is 2. The third-order valence-electron chi connectivity index (χ3n) is 8.60. The van der Waals surface area contributed by atoms with Gasteiger partial charge in [-0.1, -0.05) is 45.0 Å². The van der Waals surface area contributed by atoms with Crippen LogP contribution < -0.4 is 5.73 Å². The summed E-state index contributed by atoms with van der Waals surface area (Å²) in [4.78, 5) is 23.2. The number of aryl methyl sites for hydroxylation is 1. The van der Waals surface area contributed by atoms with Crippen LogP contribution in [0, 0.1) is 5.41 Å². The summed E-state index contributed by atoms with van der Waals surface area (Å²) in [5.74, 6) is 1.80. The molecule has 9 heteroatoms. The second-order valence-electron chi connectivity index (χ2n) is 12.2. The first-order chi connectivity index (χ1) is 19.1. The highest BCUT2D eigenvalue weighted by atomic mass is 16.5. The number of amides is 1. The predicted molar refractivity (Wildman–Crippen MR) is 154 cm³/mol. The minimum Gasteiger partial charge on any atom is -0.381 e. The fourth-order valence-corrected chi connectivity index (χ4v) is 6.41. The maximum absolute atomic E-state index is 12.6. The number of pyridine rings is 1. The number of carbonyl (C=O) groups excluding carboxylic acids is 1. The highest BCUT2D eigenvalue weighted by molar-refractivity contribution is 5.73. The fourth-order valence-electron chi connectivity index (χ4n) is 6.41. The van der Waals surface area contributed by atoms with Gasteiger partial charge in [0.1, 0.15) is 11.4 Å². The van der Waals surface area contributed by atoms with Gasteiger partial charge in [0.2, 0.25) is 5.91 Å². The van der Waals surface area contributed by atoms with E-state index >= 15 is 0 Å². The van der Waals surface area contributed by atoms with E-state index in [9.17, 15) is 9.90 Å². The van der Waals surface area contributed by atoms with Crippen LogP contribution in [0.4, 0.5) is 0 Å². The number of primary amides is 1. The first-order valence-electron chi connectivity index (χ1n) is 14.4. The Morgan fingerprint density at radius 2 is 1.88 bits per heavy atom. The van der Waals surface area contributed by atoms with Crippen LogP contribution in [0.3, 0.4) is 0 Å². The van der Waals surface area contributed by atoms with Crippen molar-refractivity contribution >= 4 is 5.91 Å². The van der Waals surface area contributed by atoms with Crippen LogP contribution in [0.5, 0.6) is 0 Å². The summed E-state index contributed by atoms with van der Waals surface area (Å²) in [6.45, 7) is 9.97. The number of likely N-dealkylation sites (tertiary alicyclic amines) is 1. The van der Waals surface area contributed by atoms with Crippen LogP contribution >= 0.6 is 0 Å². The molecule has 2 saturated heterocycles. The van der Waals surface area contributed by atoms with Gasteiger partial charge in [0, 0.05) is 74.1 Å². The molecule has 214 valence electrons. The molecule has 2 aliphatic rings. The van der Waals surface area contributed by atoms with Gasteiger partial charge >= 0.3 is 0 Å². The zero-order valence-corrected chi connectivity index (χ0v) is 24.1. The van der Waals surface area contributed by atoms with E-state index < -0.39 is 11.0 Å². The van der Waals surface area contributed by atoms with Crippen molar-refractivity contribution in [3.63, 3.8) is 0 Å². The Bertz CT molecular complexity index is 1330. The van der Waals surface area contributed by atoms with Crippen molar-refractivity contribution < 1.29 is 14.6 Å². The summed E-state index contributed by atoms with van der Waals surface area (Å²) in [6, 6.07) is 10.3. The minimum atomic E-state index is -1.24. The molecule has 0 aliphatic carbocycles. The molecule has 0 spiro atoms. The largest absolute Gasteiger partial charge is 0.381 e. The zero-order valence-electron chi connectivity index (χ0n) is 24.1. The lowest BCUT2D eigenvalue weighted by molar-refractivity contribution is -0.127. The molecule has 40 heavy (non-hydrogen) atoms. The molecule has 0 bridgehead atoms. The van der Waals surface area contributed by atoms with Crippen LogP contribution in [-0.4, -0.2) is 69.0 Å². The van der Waals surface area contributed by atoms with Crippen molar-refractivity contribution in [3.8, 4) is 11.4 Å². The smallest absolute Gasteiger partial charge is 0.217 e. The Morgan fingerprint density at radius 1 is 1.18 bits per heavy atom. The Hall–Kier alpha value is -3.14. The Morgan fingerprint density at radius 3 is 2.50 bits per heavy atom. The highest BCUT2D eigenvalue weighted by Crippen LogP contribution is 2.50. The van der Waals surface area contributed by atoms with Gasteiger partial charge in [-0.3, -0.25) is 9.78 Å². The second kappa shape index (κ2) is 11.4. The zero-order chi connectivity index (χ0) is 28.5. The number of aromatic nitrogens is 4. The Kier molecular flexibility index (Phi) is 8.08. The summed E-state index contributed by atoms with van der Waals surface area (Å²) in [7, 11) is 2.07. The Labute approximate surface area is 236 Å². The van der Waals surface area contributed by atoms with E-state index in [2.05, 4.69) is 62.0 Å². The standard InChI is InChI=1S/C31H42N6O3/c1-21(2)22-7-9-25(10-8-22)31(39,30(3)19-36(4)20-30)26-16-24(17-33-18-26)28-34-29(23-11-14-40-15-12-23)37(35-28)13-5-6-27(32)38/h7-10,16-18,21,23,39H,5-6,11-15,19-20H2,1-4H3,(H2,32,38)/t31-/m0/s1. The molecule has 0 unspecified atom stereocenters. The average Bonchev–Trinajstić information content (AvgIpc) is 3.36. The number of rotatable bonds is 10. The molecule has 4 heterocycles. The van der Waals surface area contributed by atoms with Gasteiger partial charge in [-0.15, -0.1) is 0 Å². The van der Waals surface area contributed by atoms with Crippen LogP contribution in [0.1, 0.15) is 80.8 Å². The molecule has 0 radical (unpaired) electrons. The molecule has 1 amide bonds. The van der Waals surface area contributed by atoms with Gasteiger partial charge in [-0.2, -0.15) is 5.10 Å². The SMILES string of the molecule is CC(C)c1ccc([C@](O)(c2cncc(-c3nc(C4CCOCC4)n(CCCC(N)=O)n3)c2)C2(C)CN(C)C2)cc1. The van der Waals surface area contributed by atoms with Gasteiger partial charge in [0.05, 0.1) is 0 Å². The molecule has 2 aromatic heterocycles. The van der Waals surface area contributed by atoms with E-state index in [-0.39, 0.29) is 11.8 Å². The first kappa shape index (κ1) is 28.4. The number of carbonyl (C=O) groups is 1. The lowest BCUT2D eigenvalue weighted by Gasteiger charge is -2.55. The van der Waals surface area contributed by atoms with Gasteiger partial charge < -0.3 is 20.5 Å². The molecular weight excluding hydrogens is 504 g/mol. The van der Waals surface area contributed by atoms with E-state index in [4.69, 9.17) is 20.6 Å². The molecule has 5 rings (SSSR count). The van der Waals surface area contributed by atoms with Crippen molar-refractivity contribution in [2.24, 2.45) is 11.1 Å². The van der Waals surface area contributed by atoms with Crippen molar-refractivity contribution in [2.45, 2.75) is 70.4 Å².